The molecule has 1 fully saturated rings. The number of rotatable bonds is 8. The first-order chi connectivity index (χ1) is 18.7. The van der Waals surface area contributed by atoms with Gasteiger partial charge in [-0.15, -0.1) is 0 Å². The Morgan fingerprint density at radius 3 is 2.26 bits per heavy atom. The van der Waals surface area contributed by atoms with E-state index >= 15 is 0 Å². The summed E-state index contributed by atoms with van der Waals surface area (Å²) < 4.78 is 32.7. The lowest BCUT2D eigenvalue weighted by Gasteiger charge is -2.38. The van der Waals surface area contributed by atoms with Gasteiger partial charge in [0, 0.05) is 50.2 Å². The minimum atomic E-state index is -0.887. The molecule has 3 aromatic rings. The van der Waals surface area contributed by atoms with E-state index in [0.29, 0.717) is 37.0 Å². The van der Waals surface area contributed by atoms with Crippen LogP contribution < -0.4 is 30.5 Å². The van der Waals surface area contributed by atoms with Gasteiger partial charge in [-0.3, -0.25) is 4.79 Å². The van der Waals surface area contributed by atoms with Crippen molar-refractivity contribution in [2.75, 3.05) is 60.3 Å². The minimum absolute atomic E-state index is 0.159. The van der Waals surface area contributed by atoms with E-state index < -0.39 is 17.7 Å². The molecule has 1 aliphatic heterocycles. The van der Waals surface area contributed by atoms with Gasteiger partial charge in [0.1, 0.15) is 17.4 Å². The standard InChI is InChI=1S/C29H33F2N5O3/c1-19(2)18-32-28(37)22-17-21(33-29(38)34-24-10-8-20(30)16-23(24)31)9-11-25(22)35-12-14-36(15-13-35)26-6-4-5-7-27(26)39-3/h4-11,16-17,19H,12-15,18H2,1-3H3,(H,32,37)(H2,33,34,38). The summed E-state index contributed by atoms with van der Waals surface area (Å²) in [6.45, 7) is 7.35. The van der Waals surface area contributed by atoms with Crippen LogP contribution in [0.25, 0.3) is 0 Å². The van der Waals surface area contributed by atoms with Gasteiger partial charge in [0.25, 0.3) is 5.91 Å². The Hall–Kier alpha value is -4.34. The zero-order chi connectivity index (χ0) is 27.9. The SMILES string of the molecule is COc1ccccc1N1CCN(c2ccc(NC(=O)Nc3ccc(F)cc3F)cc2C(=O)NCC(C)C)CC1. The molecular weight excluding hydrogens is 504 g/mol. The molecule has 4 rings (SSSR count). The fourth-order valence-electron chi connectivity index (χ4n) is 4.42. The third-order valence-electron chi connectivity index (χ3n) is 6.40. The lowest BCUT2D eigenvalue weighted by Crippen LogP contribution is -2.47. The van der Waals surface area contributed by atoms with Crippen molar-refractivity contribution in [3.63, 3.8) is 0 Å². The highest BCUT2D eigenvalue weighted by atomic mass is 19.1. The van der Waals surface area contributed by atoms with E-state index in [4.69, 9.17) is 4.74 Å². The zero-order valence-corrected chi connectivity index (χ0v) is 22.3. The van der Waals surface area contributed by atoms with Crippen molar-refractivity contribution >= 4 is 34.7 Å². The Morgan fingerprint density at radius 2 is 1.59 bits per heavy atom. The predicted octanol–water partition coefficient (Wildman–Crippen LogP) is 5.33. The maximum Gasteiger partial charge on any atom is 0.323 e. The largest absolute Gasteiger partial charge is 0.495 e. The van der Waals surface area contributed by atoms with E-state index in [9.17, 15) is 18.4 Å². The van der Waals surface area contributed by atoms with Gasteiger partial charge in [-0.25, -0.2) is 13.6 Å². The second kappa shape index (κ2) is 12.5. The molecule has 0 atom stereocenters. The van der Waals surface area contributed by atoms with Gasteiger partial charge >= 0.3 is 6.03 Å². The number of carbonyl (C=O) groups excluding carboxylic acids is 2. The van der Waals surface area contributed by atoms with Crippen molar-refractivity contribution in [3.8, 4) is 5.75 Å². The highest BCUT2D eigenvalue weighted by Crippen LogP contribution is 2.31. The van der Waals surface area contributed by atoms with Gasteiger partial charge in [-0.05, 0) is 48.4 Å². The van der Waals surface area contributed by atoms with E-state index in [1.165, 1.54) is 0 Å². The zero-order valence-electron chi connectivity index (χ0n) is 22.3. The molecule has 206 valence electrons. The number of nitrogens with zero attached hydrogens (tertiary/aromatic N) is 2. The number of hydrogen-bond donors (Lipinski definition) is 3. The summed E-state index contributed by atoms with van der Waals surface area (Å²) in [7, 11) is 1.66. The average Bonchev–Trinajstić information content (AvgIpc) is 2.93. The molecule has 8 nitrogen and oxygen atoms in total. The first-order valence-electron chi connectivity index (χ1n) is 12.8. The van der Waals surface area contributed by atoms with Gasteiger partial charge in [0.15, 0.2) is 0 Å². The molecule has 0 spiro atoms. The van der Waals surface area contributed by atoms with E-state index in [1.807, 2.05) is 38.1 Å². The van der Waals surface area contributed by atoms with Gasteiger partial charge in [-0.1, -0.05) is 26.0 Å². The van der Waals surface area contributed by atoms with E-state index in [2.05, 4.69) is 25.8 Å². The van der Waals surface area contributed by atoms with Crippen molar-refractivity contribution < 1.29 is 23.1 Å². The molecule has 0 saturated carbocycles. The van der Waals surface area contributed by atoms with Crippen molar-refractivity contribution in [3.05, 3.63) is 77.9 Å². The van der Waals surface area contributed by atoms with Crippen molar-refractivity contribution in [2.45, 2.75) is 13.8 Å². The Morgan fingerprint density at radius 1 is 0.897 bits per heavy atom. The summed E-state index contributed by atoms with van der Waals surface area (Å²) in [6.07, 6.45) is 0. The quantitative estimate of drug-likeness (QED) is 0.362. The van der Waals surface area contributed by atoms with Crippen molar-refractivity contribution in [1.29, 1.82) is 0 Å². The van der Waals surface area contributed by atoms with Crippen LogP contribution in [-0.2, 0) is 0 Å². The van der Waals surface area contributed by atoms with Gasteiger partial charge in [0.05, 0.1) is 24.0 Å². The number of ether oxygens (including phenoxy) is 1. The van der Waals surface area contributed by atoms with E-state index in [1.54, 1.807) is 25.3 Å². The molecule has 0 aromatic heterocycles. The number of anilines is 4. The molecule has 1 aliphatic rings. The maximum atomic E-state index is 14.0. The molecule has 0 unspecified atom stereocenters. The number of carbonyl (C=O) groups is 2. The fraction of sp³-hybridized carbons (Fsp3) is 0.310. The molecule has 10 heteroatoms. The number of benzene rings is 3. The maximum absolute atomic E-state index is 14.0. The molecular formula is C29H33F2N5O3. The summed E-state index contributed by atoms with van der Waals surface area (Å²) in [6, 6.07) is 15.2. The third-order valence-corrected chi connectivity index (χ3v) is 6.40. The minimum Gasteiger partial charge on any atom is -0.495 e. The Labute approximate surface area is 226 Å². The monoisotopic (exact) mass is 537 g/mol. The van der Waals surface area contributed by atoms with Crippen LogP contribution in [0.4, 0.5) is 36.3 Å². The first-order valence-corrected chi connectivity index (χ1v) is 12.8. The fourth-order valence-corrected chi connectivity index (χ4v) is 4.42. The van der Waals surface area contributed by atoms with Crippen LogP contribution in [0.3, 0.4) is 0 Å². The summed E-state index contributed by atoms with van der Waals surface area (Å²) in [4.78, 5) is 30.1. The molecule has 0 radical (unpaired) electrons. The topological polar surface area (TPSA) is 85.9 Å². The van der Waals surface area contributed by atoms with Gasteiger partial charge in [-0.2, -0.15) is 0 Å². The van der Waals surface area contributed by atoms with E-state index in [-0.39, 0.29) is 17.5 Å². The number of halogens is 2. The number of urea groups is 1. The number of para-hydroxylation sites is 2. The molecule has 0 aliphatic carbocycles. The number of piperazine rings is 1. The van der Waals surface area contributed by atoms with Crippen LogP contribution >= 0.6 is 0 Å². The van der Waals surface area contributed by atoms with Gasteiger partial charge in [0.2, 0.25) is 0 Å². The van der Waals surface area contributed by atoms with Crippen LogP contribution in [-0.4, -0.2) is 51.8 Å². The Balaban J connectivity index is 1.51. The lowest BCUT2D eigenvalue weighted by molar-refractivity contribution is 0.0949. The van der Waals surface area contributed by atoms with Crippen LogP contribution in [0.1, 0.15) is 24.2 Å². The second-order valence-electron chi connectivity index (χ2n) is 9.69. The van der Waals surface area contributed by atoms with Crippen LogP contribution in [0.5, 0.6) is 5.75 Å². The highest BCUT2D eigenvalue weighted by Gasteiger charge is 2.24. The second-order valence-corrected chi connectivity index (χ2v) is 9.69. The average molecular weight is 538 g/mol. The van der Waals surface area contributed by atoms with Crippen LogP contribution in [0.15, 0.2) is 60.7 Å². The first kappa shape index (κ1) is 27.7. The highest BCUT2D eigenvalue weighted by molar-refractivity contribution is 6.04. The van der Waals surface area contributed by atoms with Crippen molar-refractivity contribution in [2.24, 2.45) is 5.92 Å². The predicted molar refractivity (Wildman–Crippen MR) is 150 cm³/mol. The molecule has 1 saturated heterocycles. The summed E-state index contributed by atoms with van der Waals surface area (Å²) in [5.41, 5.74) is 2.41. The number of hydrogen-bond acceptors (Lipinski definition) is 5. The Bertz CT molecular complexity index is 1330. The molecule has 1 heterocycles. The summed E-state index contributed by atoms with van der Waals surface area (Å²) >= 11 is 0. The van der Waals surface area contributed by atoms with Crippen LogP contribution in [0, 0.1) is 17.6 Å². The molecule has 3 N–H and O–H groups in total. The number of methoxy groups -OCH3 is 1. The number of nitrogens with one attached hydrogen (secondary N) is 3. The molecule has 39 heavy (non-hydrogen) atoms. The molecule has 0 bridgehead atoms. The third kappa shape index (κ3) is 6.95. The Kier molecular flexibility index (Phi) is 8.85. The van der Waals surface area contributed by atoms with Crippen LogP contribution in [0.2, 0.25) is 0 Å². The molecule has 3 amide bonds. The lowest BCUT2D eigenvalue weighted by atomic mass is 10.1. The smallest absolute Gasteiger partial charge is 0.323 e. The summed E-state index contributed by atoms with van der Waals surface area (Å²) in [5, 5.41) is 7.95. The normalized spacial score (nSPS) is 13.3. The molecule has 3 aromatic carbocycles. The number of amides is 3. The van der Waals surface area contributed by atoms with E-state index in [0.717, 1.165) is 42.3 Å². The van der Waals surface area contributed by atoms with Gasteiger partial charge < -0.3 is 30.5 Å². The van der Waals surface area contributed by atoms with Crippen molar-refractivity contribution in [1.82, 2.24) is 5.32 Å². The summed E-state index contributed by atoms with van der Waals surface area (Å²) in [5.74, 6) is -0.802.